The second kappa shape index (κ2) is 5.29. The molecule has 2 aromatic rings. The largest absolute Gasteiger partial charge is 0.496 e. The van der Waals surface area contributed by atoms with Crippen molar-refractivity contribution in [1.82, 2.24) is 4.98 Å². The Bertz CT molecular complexity index is 502. The van der Waals surface area contributed by atoms with Crippen LogP contribution in [0.15, 0.2) is 47.2 Å². The maximum Gasteiger partial charge on any atom is 0.124 e. The lowest BCUT2D eigenvalue weighted by atomic mass is 10.0. The van der Waals surface area contributed by atoms with Gasteiger partial charge in [0, 0.05) is 22.4 Å². The summed E-state index contributed by atoms with van der Waals surface area (Å²) in [6.45, 7) is 0. The molecular formula is C13H13BrN2O. The second-order valence-corrected chi connectivity index (χ2v) is 4.57. The zero-order chi connectivity index (χ0) is 12.3. The topological polar surface area (TPSA) is 48.1 Å². The third-order valence-electron chi connectivity index (χ3n) is 2.57. The lowest BCUT2D eigenvalue weighted by Gasteiger charge is -2.16. The Labute approximate surface area is 109 Å². The summed E-state index contributed by atoms with van der Waals surface area (Å²) in [7, 11) is 1.64. The predicted octanol–water partition coefficient (Wildman–Crippen LogP) is 2.90. The first-order valence-corrected chi connectivity index (χ1v) is 6.00. The third-order valence-corrected chi connectivity index (χ3v) is 3.06. The minimum absolute atomic E-state index is 0.240. The molecule has 2 N–H and O–H groups in total. The molecule has 0 aliphatic rings. The molecule has 0 radical (unpaired) electrons. The maximum atomic E-state index is 6.22. The van der Waals surface area contributed by atoms with Crippen LogP contribution in [0.3, 0.4) is 0 Å². The van der Waals surface area contributed by atoms with Crippen molar-refractivity contribution in [2.75, 3.05) is 7.11 Å². The van der Waals surface area contributed by atoms with Crippen molar-refractivity contribution in [1.29, 1.82) is 0 Å². The van der Waals surface area contributed by atoms with Gasteiger partial charge in [-0.05, 0) is 29.8 Å². The molecule has 0 bridgehead atoms. The van der Waals surface area contributed by atoms with Gasteiger partial charge in [0.1, 0.15) is 5.75 Å². The van der Waals surface area contributed by atoms with Crippen LogP contribution < -0.4 is 10.5 Å². The van der Waals surface area contributed by atoms with Gasteiger partial charge in [0.05, 0.1) is 13.2 Å². The molecule has 3 nitrogen and oxygen atoms in total. The van der Waals surface area contributed by atoms with Crippen LogP contribution in [0.4, 0.5) is 0 Å². The molecule has 88 valence electrons. The Morgan fingerprint density at radius 2 is 2.18 bits per heavy atom. The van der Waals surface area contributed by atoms with E-state index in [9.17, 15) is 0 Å². The molecule has 0 saturated carbocycles. The zero-order valence-electron chi connectivity index (χ0n) is 9.43. The molecule has 1 unspecified atom stereocenters. The summed E-state index contributed by atoms with van der Waals surface area (Å²) in [6, 6.07) is 9.39. The molecule has 0 aliphatic carbocycles. The highest BCUT2D eigenvalue weighted by atomic mass is 79.9. The average molecular weight is 293 g/mol. The minimum Gasteiger partial charge on any atom is -0.496 e. The van der Waals surface area contributed by atoms with E-state index in [-0.39, 0.29) is 6.04 Å². The van der Waals surface area contributed by atoms with E-state index >= 15 is 0 Å². The number of methoxy groups -OCH3 is 1. The van der Waals surface area contributed by atoms with Crippen molar-refractivity contribution in [3.63, 3.8) is 0 Å². The van der Waals surface area contributed by atoms with E-state index in [0.29, 0.717) is 0 Å². The highest BCUT2D eigenvalue weighted by molar-refractivity contribution is 9.10. The number of rotatable bonds is 3. The molecule has 1 aromatic heterocycles. The van der Waals surface area contributed by atoms with Crippen LogP contribution in [0.25, 0.3) is 0 Å². The number of pyridine rings is 1. The van der Waals surface area contributed by atoms with E-state index in [1.54, 1.807) is 19.5 Å². The van der Waals surface area contributed by atoms with Crippen LogP contribution >= 0.6 is 15.9 Å². The lowest BCUT2D eigenvalue weighted by Crippen LogP contribution is -2.13. The van der Waals surface area contributed by atoms with Crippen molar-refractivity contribution < 1.29 is 4.74 Å². The zero-order valence-corrected chi connectivity index (χ0v) is 11.0. The first-order valence-electron chi connectivity index (χ1n) is 5.21. The average Bonchev–Trinajstić information content (AvgIpc) is 2.39. The van der Waals surface area contributed by atoms with Crippen molar-refractivity contribution in [2.45, 2.75) is 6.04 Å². The highest BCUT2D eigenvalue weighted by Gasteiger charge is 2.14. The standard InChI is InChI=1S/C13H13BrN2O/c1-17-12-5-4-10(14)7-11(12)13(15)9-3-2-6-16-8-9/h2-8,13H,15H2,1H3. The van der Waals surface area contributed by atoms with Crippen molar-refractivity contribution in [3.8, 4) is 5.75 Å². The lowest BCUT2D eigenvalue weighted by molar-refractivity contribution is 0.407. The van der Waals surface area contributed by atoms with Crippen LogP contribution in [0.1, 0.15) is 17.2 Å². The van der Waals surface area contributed by atoms with Crippen LogP contribution in [0.2, 0.25) is 0 Å². The SMILES string of the molecule is COc1ccc(Br)cc1C(N)c1cccnc1. The monoisotopic (exact) mass is 292 g/mol. The van der Waals surface area contributed by atoms with E-state index in [2.05, 4.69) is 20.9 Å². The van der Waals surface area contributed by atoms with Gasteiger partial charge in [-0.1, -0.05) is 22.0 Å². The van der Waals surface area contributed by atoms with E-state index in [0.717, 1.165) is 21.3 Å². The van der Waals surface area contributed by atoms with Crippen LogP contribution in [-0.4, -0.2) is 12.1 Å². The summed E-state index contributed by atoms with van der Waals surface area (Å²) in [4.78, 5) is 4.08. The number of benzene rings is 1. The molecule has 1 heterocycles. The van der Waals surface area contributed by atoms with E-state index in [1.165, 1.54) is 0 Å². The molecule has 0 aliphatic heterocycles. The van der Waals surface area contributed by atoms with E-state index in [1.807, 2.05) is 30.3 Å². The third kappa shape index (κ3) is 2.65. The van der Waals surface area contributed by atoms with Crippen molar-refractivity contribution >= 4 is 15.9 Å². The first-order chi connectivity index (χ1) is 8.22. The van der Waals surface area contributed by atoms with Crippen molar-refractivity contribution in [2.24, 2.45) is 5.73 Å². The van der Waals surface area contributed by atoms with Gasteiger partial charge in [0.15, 0.2) is 0 Å². The maximum absolute atomic E-state index is 6.22. The second-order valence-electron chi connectivity index (χ2n) is 3.65. The first kappa shape index (κ1) is 12.1. The Morgan fingerprint density at radius 3 is 2.82 bits per heavy atom. The number of halogens is 1. The van der Waals surface area contributed by atoms with Gasteiger partial charge in [0.25, 0.3) is 0 Å². The summed E-state index contributed by atoms with van der Waals surface area (Å²) in [5.41, 5.74) is 8.12. The van der Waals surface area contributed by atoms with Gasteiger partial charge in [-0.2, -0.15) is 0 Å². The number of nitrogens with two attached hydrogens (primary N) is 1. The minimum atomic E-state index is -0.240. The molecular weight excluding hydrogens is 280 g/mol. The fourth-order valence-electron chi connectivity index (χ4n) is 1.69. The summed E-state index contributed by atoms with van der Waals surface area (Å²) >= 11 is 3.44. The molecule has 0 spiro atoms. The number of aromatic nitrogens is 1. The molecule has 17 heavy (non-hydrogen) atoms. The highest BCUT2D eigenvalue weighted by Crippen LogP contribution is 2.30. The molecule has 1 atom stereocenters. The fraction of sp³-hybridized carbons (Fsp3) is 0.154. The molecule has 2 rings (SSSR count). The Kier molecular flexibility index (Phi) is 3.76. The van der Waals surface area contributed by atoms with E-state index < -0.39 is 0 Å². The molecule has 0 saturated heterocycles. The quantitative estimate of drug-likeness (QED) is 0.946. The molecule has 0 amide bonds. The van der Waals surface area contributed by atoms with Crippen molar-refractivity contribution in [3.05, 3.63) is 58.3 Å². The Balaban J connectivity index is 2.43. The Morgan fingerprint density at radius 1 is 1.35 bits per heavy atom. The van der Waals surface area contributed by atoms with Gasteiger partial charge < -0.3 is 10.5 Å². The van der Waals surface area contributed by atoms with Gasteiger partial charge >= 0.3 is 0 Å². The molecule has 4 heteroatoms. The summed E-state index contributed by atoms with van der Waals surface area (Å²) in [5.74, 6) is 0.782. The number of ether oxygens (including phenoxy) is 1. The smallest absolute Gasteiger partial charge is 0.124 e. The number of nitrogens with zero attached hydrogens (tertiary/aromatic N) is 1. The summed E-state index contributed by atoms with van der Waals surface area (Å²) in [5, 5.41) is 0. The summed E-state index contributed by atoms with van der Waals surface area (Å²) in [6.07, 6.45) is 3.50. The van der Waals surface area contributed by atoms with Gasteiger partial charge in [-0.25, -0.2) is 0 Å². The molecule has 1 aromatic carbocycles. The normalized spacial score (nSPS) is 12.2. The Hall–Kier alpha value is -1.39. The fourth-order valence-corrected chi connectivity index (χ4v) is 2.07. The van der Waals surface area contributed by atoms with Gasteiger partial charge in [-0.15, -0.1) is 0 Å². The number of hydrogen-bond donors (Lipinski definition) is 1. The molecule has 0 fully saturated rings. The van der Waals surface area contributed by atoms with Gasteiger partial charge in [-0.3, -0.25) is 4.98 Å². The van der Waals surface area contributed by atoms with Crippen LogP contribution in [-0.2, 0) is 0 Å². The predicted molar refractivity (Wildman–Crippen MR) is 71.0 cm³/mol. The summed E-state index contributed by atoms with van der Waals surface area (Å²) < 4.78 is 6.30. The van der Waals surface area contributed by atoms with Crippen LogP contribution in [0.5, 0.6) is 5.75 Å². The number of hydrogen-bond acceptors (Lipinski definition) is 3. The van der Waals surface area contributed by atoms with Gasteiger partial charge in [0.2, 0.25) is 0 Å². The van der Waals surface area contributed by atoms with E-state index in [4.69, 9.17) is 10.5 Å². The van der Waals surface area contributed by atoms with Crippen LogP contribution in [0, 0.1) is 0 Å².